The number of carbonyl (C=O) groups excluding carboxylic acids is 3. The molecule has 2 aromatic rings. The topological polar surface area (TPSA) is 122 Å². The number of rotatable bonds is 4. The maximum Gasteiger partial charge on any atom is 0.514 e. The van der Waals surface area contributed by atoms with Gasteiger partial charge in [-0.3, -0.25) is 9.59 Å². The minimum Gasteiger partial charge on any atom is -0.511 e. The minimum absolute atomic E-state index is 0.0722. The number of Topliss-reactive ketones (excluding diaryl/α,β-unsaturated/α-hetero) is 2. The van der Waals surface area contributed by atoms with Crippen LogP contribution in [0.15, 0.2) is 34.1 Å². The first-order valence-electron chi connectivity index (χ1n) is 13.1. The highest BCUT2D eigenvalue weighted by Gasteiger charge is 2.55. The van der Waals surface area contributed by atoms with Gasteiger partial charge in [0, 0.05) is 32.6 Å². The molecule has 4 unspecified atom stereocenters. The van der Waals surface area contributed by atoms with Crippen LogP contribution in [0.5, 0.6) is 5.75 Å². The van der Waals surface area contributed by atoms with Crippen LogP contribution in [0.1, 0.15) is 52.8 Å². The summed E-state index contributed by atoms with van der Waals surface area (Å²) < 4.78 is 16.4. The van der Waals surface area contributed by atoms with Crippen LogP contribution in [0.25, 0.3) is 0 Å². The van der Waals surface area contributed by atoms with Crippen molar-refractivity contribution in [2.75, 3.05) is 39.6 Å². The van der Waals surface area contributed by atoms with E-state index >= 15 is 0 Å². The molecule has 1 N–H and O–H groups in total. The van der Waals surface area contributed by atoms with Gasteiger partial charge >= 0.3 is 6.16 Å². The van der Waals surface area contributed by atoms with Crippen LogP contribution in [0.3, 0.4) is 0 Å². The van der Waals surface area contributed by atoms with Crippen molar-refractivity contribution in [2.45, 2.75) is 39.2 Å². The Balaban J connectivity index is 1.61. The third-order valence-electron chi connectivity index (χ3n) is 7.74. The Morgan fingerprint density at radius 1 is 1.13 bits per heavy atom. The van der Waals surface area contributed by atoms with Gasteiger partial charge < -0.3 is 28.9 Å². The molecule has 3 aliphatic carbocycles. The zero-order valence-electron chi connectivity index (χ0n) is 23.4. The second kappa shape index (κ2) is 9.51. The summed E-state index contributed by atoms with van der Waals surface area (Å²) in [6.07, 6.45) is -0.0348. The first-order chi connectivity index (χ1) is 18.3. The number of anilines is 1. The molecule has 0 radical (unpaired) electrons. The van der Waals surface area contributed by atoms with Crippen LogP contribution in [0.2, 0.25) is 0 Å². The summed E-state index contributed by atoms with van der Waals surface area (Å²) in [5.74, 6) is -1.54. The van der Waals surface area contributed by atoms with Gasteiger partial charge in [-0.15, -0.1) is 0 Å². The molecule has 1 aromatic carbocycles. The van der Waals surface area contributed by atoms with Crippen molar-refractivity contribution in [2.24, 2.45) is 23.7 Å². The van der Waals surface area contributed by atoms with E-state index in [1.807, 2.05) is 25.1 Å². The number of aliphatic hydroxyl groups is 1. The van der Waals surface area contributed by atoms with Gasteiger partial charge in [0.2, 0.25) is 0 Å². The van der Waals surface area contributed by atoms with Gasteiger partial charge in [0.05, 0.1) is 11.5 Å². The number of fused-ring (bicyclic) bond motifs is 4. The quantitative estimate of drug-likeness (QED) is 0.451. The summed E-state index contributed by atoms with van der Waals surface area (Å²) in [5, 5.41) is 15.8. The maximum atomic E-state index is 14.1. The number of ether oxygens (including phenoxy) is 2. The van der Waals surface area contributed by atoms with Gasteiger partial charge in [-0.1, -0.05) is 17.3 Å². The Labute approximate surface area is 227 Å². The molecule has 0 amide bonds. The highest BCUT2D eigenvalue weighted by atomic mass is 16.7. The van der Waals surface area contributed by atoms with Crippen molar-refractivity contribution in [3.63, 3.8) is 0 Å². The fraction of sp³-hybridized carbons (Fsp3) is 0.517. The molecule has 0 saturated heterocycles. The van der Waals surface area contributed by atoms with E-state index in [-0.39, 0.29) is 46.2 Å². The van der Waals surface area contributed by atoms with E-state index in [0.29, 0.717) is 36.5 Å². The van der Waals surface area contributed by atoms with E-state index in [1.165, 1.54) is 0 Å². The second-order valence-corrected chi connectivity index (χ2v) is 12.1. The van der Waals surface area contributed by atoms with Gasteiger partial charge in [-0.25, -0.2) is 4.79 Å². The zero-order chi connectivity index (χ0) is 28.4. The molecule has 0 spiro atoms. The number of benzene rings is 1. The molecule has 1 heterocycles. The molecule has 10 nitrogen and oxygen atoms in total. The highest BCUT2D eigenvalue weighted by Crippen LogP contribution is 2.52. The predicted molar refractivity (Wildman–Crippen MR) is 142 cm³/mol. The van der Waals surface area contributed by atoms with Crippen molar-refractivity contribution in [3.05, 3.63) is 52.0 Å². The molecule has 4 atom stereocenters. The van der Waals surface area contributed by atoms with Gasteiger partial charge in [0.25, 0.3) is 0 Å². The van der Waals surface area contributed by atoms with E-state index in [4.69, 9.17) is 14.0 Å². The summed E-state index contributed by atoms with van der Waals surface area (Å²) in [6.45, 7) is 5.78. The van der Waals surface area contributed by atoms with Crippen LogP contribution in [-0.2, 0) is 17.6 Å². The molecule has 0 aliphatic heterocycles. The monoisotopic (exact) mass is 537 g/mol. The number of nitrogens with zero attached hydrogens (tertiary/aromatic N) is 3. The molecule has 0 fully saturated rings. The number of allylic oxidation sites excluding steroid dienone is 2. The summed E-state index contributed by atoms with van der Waals surface area (Å²) in [7, 11) is 7.45. The van der Waals surface area contributed by atoms with E-state index in [0.717, 1.165) is 5.56 Å². The molecule has 5 rings (SSSR count). The summed E-state index contributed by atoms with van der Waals surface area (Å²) in [6, 6.07) is 5.12. The SMILES string of the molecule is CN(C)CC1C2Cc3cccc(OC(=O)OC(C)(C)C)c3C(=O)C2=C(O)C2C(=O)c3c(N(C)C)noc3CC21. The molecule has 0 bridgehead atoms. The molecule has 39 heavy (non-hydrogen) atoms. The van der Waals surface area contributed by atoms with Crippen molar-refractivity contribution < 1.29 is 33.5 Å². The third kappa shape index (κ3) is 4.60. The Hall–Kier alpha value is -3.66. The van der Waals surface area contributed by atoms with E-state index in [9.17, 15) is 19.5 Å². The van der Waals surface area contributed by atoms with Crippen molar-refractivity contribution in [1.82, 2.24) is 10.1 Å². The van der Waals surface area contributed by atoms with Crippen molar-refractivity contribution >= 4 is 23.5 Å². The Morgan fingerprint density at radius 2 is 1.85 bits per heavy atom. The van der Waals surface area contributed by atoms with Crippen LogP contribution >= 0.6 is 0 Å². The first-order valence-corrected chi connectivity index (χ1v) is 13.1. The largest absolute Gasteiger partial charge is 0.514 e. The van der Waals surface area contributed by atoms with E-state index < -0.39 is 23.5 Å². The minimum atomic E-state index is -0.920. The average molecular weight is 538 g/mol. The lowest BCUT2D eigenvalue weighted by molar-refractivity contribution is 0.0204. The molecule has 1 aromatic heterocycles. The van der Waals surface area contributed by atoms with Crippen LogP contribution in [-0.4, -0.2) is 73.2 Å². The summed E-state index contributed by atoms with van der Waals surface area (Å²) in [5.41, 5.74) is 0.740. The third-order valence-corrected chi connectivity index (χ3v) is 7.74. The number of aromatic nitrogens is 1. The van der Waals surface area contributed by atoms with Crippen LogP contribution in [0, 0.1) is 23.7 Å². The van der Waals surface area contributed by atoms with Gasteiger partial charge in [0.15, 0.2) is 17.4 Å². The number of hydrogen-bond acceptors (Lipinski definition) is 10. The van der Waals surface area contributed by atoms with Crippen molar-refractivity contribution in [1.29, 1.82) is 0 Å². The average Bonchev–Trinajstić information content (AvgIpc) is 3.25. The predicted octanol–water partition coefficient (Wildman–Crippen LogP) is 4.08. The van der Waals surface area contributed by atoms with Gasteiger partial charge in [-0.2, -0.15) is 0 Å². The molecule has 10 heteroatoms. The normalized spacial score (nSPS) is 24.1. The summed E-state index contributed by atoms with van der Waals surface area (Å²) in [4.78, 5) is 44.2. The lowest BCUT2D eigenvalue weighted by atomic mass is 9.57. The molecular formula is C29H35N3O7. The maximum absolute atomic E-state index is 14.1. The summed E-state index contributed by atoms with van der Waals surface area (Å²) >= 11 is 0. The van der Waals surface area contributed by atoms with Crippen molar-refractivity contribution in [3.8, 4) is 5.75 Å². The number of hydrogen-bond donors (Lipinski definition) is 1. The number of carbonyl (C=O) groups is 3. The molecule has 0 saturated carbocycles. The fourth-order valence-corrected chi connectivity index (χ4v) is 6.33. The second-order valence-electron chi connectivity index (χ2n) is 12.1. The standard InChI is InChI=1S/C29H35N3O7/c1-29(2,3)38-28(36)37-18-10-8-9-14-11-15-17(13-31(4)5)16-12-19-23(27(30-39-19)32(6)7)26(35)22(16)25(34)21(15)24(33)20(14)18/h8-10,15-17,22,34H,11-13H2,1-7H3. The van der Waals surface area contributed by atoms with Crippen LogP contribution in [0.4, 0.5) is 10.6 Å². The number of ketones is 2. The van der Waals surface area contributed by atoms with E-state index in [1.54, 1.807) is 51.9 Å². The Kier molecular flexibility index (Phi) is 6.57. The lowest BCUT2D eigenvalue weighted by Crippen LogP contribution is -2.50. The molecule has 3 aliphatic rings. The Bertz CT molecular complexity index is 1380. The highest BCUT2D eigenvalue weighted by molar-refractivity contribution is 6.15. The first kappa shape index (κ1) is 26.9. The Morgan fingerprint density at radius 3 is 2.49 bits per heavy atom. The lowest BCUT2D eigenvalue weighted by Gasteiger charge is -2.47. The van der Waals surface area contributed by atoms with E-state index in [2.05, 4.69) is 5.16 Å². The van der Waals surface area contributed by atoms with Gasteiger partial charge in [-0.05, 0) is 70.7 Å². The molecular weight excluding hydrogens is 502 g/mol. The van der Waals surface area contributed by atoms with Crippen LogP contribution < -0.4 is 9.64 Å². The molecule has 208 valence electrons. The zero-order valence-corrected chi connectivity index (χ0v) is 23.4. The smallest absolute Gasteiger partial charge is 0.511 e. The fourth-order valence-electron chi connectivity index (χ4n) is 6.33. The number of aliphatic hydroxyl groups excluding tert-OH is 1. The van der Waals surface area contributed by atoms with Gasteiger partial charge in [0.1, 0.15) is 28.4 Å².